The summed E-state index contributed by atoms with van der Waals surface area (Å²) in [5.41, 5.74) is -1.03. The number of ether oxygens (including phenoxy) is 4. The summed E-state index contributed by atoms with van der Waals surface area (Å²) in [5.74, 6) is -1.95. The zero-order valence-electron chi connectivity index (χ0n) is 51.7. The minimum atomic E-state index is -1.03. The second kappa shape index (κ2) is 59.5. The topological polar surface area (TPSA) is 175 Å². The third-order valence-corrected chi connectivity index (χ3v) is 14.6. The summed E-state index contributed by atoms with van der Waals surface area (Å²) in [6.45, 7) is 27.1. The molecule has 0 aliphatic heterocycles. The van der Waals surface area contributed by atoms with Crippen LogP contribution in [0.1, 0.15) is 104 Å². The molecular weight excluding hydrogens is 1400 g/mol. The van der Waals surface area contributed by atoms with Gasteiger partial charge in [0.15, 0.2) is 22.3 Å². The molecule has 20 heteroatoms. The summed E-state index contributed by atoms with van der Waals surface area (Å²) in [7, 11) is 4.27. The molecule has 0 radical (unpaired) electrons. The molecule has 0 heterocycles. The molecule has 1 N–H and O–H groups in total. The number of hydrogen-bond donors (Lipinski definition) is 1. The second-order valence-corrected chi connectivity index (χ2v) is 24.7. The Hall–Kier alpha value is -1.42. The zero-order valence-corrected chi connectivity index (χ0v) is 64.0. The van der Waals surface area contributed by atoms with E-state index < -0.39 is 29.3 Å². The number of benzene rings is 5. The van der Waals surface area contributed by atoms with Gasteiger partial charge in [-0.05, 0) is 172 Å². The fourth-order valence-electron chi connectivity index (χ4n) is 5.73. The van der Waals surface area contributed by atoms with Crippen LogP contribution in [0.4, 0.5) is 0 Å². The van der Waals surface area contributed by atoms with Crippen molar-refractivity contribution >= 4 is 79.0 Å². The molecule has 0 spiro atoms. The van der Waals surface area contributed by atoms with Crippen molar-refractivity contribution in [2.24, 2.45) is 11.3 Å². The van der Waals surface area contributed by atoms with E-state index >= 15 is 0 Å². The predicted molar refractivity (Wildman–Crippen MR) is 325 cm³/mol. The van der Waals surface area contributed by atoms with Crippen LogP contribution in [0.2, 0.25) is 0 Å². The van der Waals surface area contributed by atoms with Gasteiger partial charge in [0.05, 0.1) is 35.3 Å². The standard InChI is InChI=1S/C15H15S.C12H10I.C12H20O4.C9H16O4.C9H10S.C3H5Br.C2H6O.CH2O3.ClH.Cu.2K.H/c1-2-13-16(14-9-5-3-6-10-14)15-11-7-4-8-12-15;1-3-7-11(8-4-1)13-12-9-5-2-6-10-12;1-7(2)15-10(13)12(6-9(12)5)11(14)16-8(3)4;1-6(2)12-8(10)5-9(11)13-7(3)4;1-2-8-10-9-6-4-3-5-7-9;1-3(2)4;1-2-3;2-1-4-3;;;;;/h2-13H,1H3;1-10H;7-9H,6H2,1-5H3;6-7H,5H2,1-4H3;2-8H,1H3;1H2,2H3;3H,2H2,1H3;1,3H;1H;;;;/q2*+1;;;;;;;;3*+1;-1/p-2. The van der Waals surface area contributed by atoms with Crippen molar-refractivity contribution < 1.29 is 199 Å². The number of aliphatic hydroxyl groups is 1. The van der Waals surface area contributed by atoms with E-state index in [9.17, 15) is 19.2 Å². The summed E-state index contributed by atoms with van der Waals surface area (Å²) < 4.78 is 23.7. The summed E-state index contributed by atoms with van der Waals surface area (Å²) in [6, 6.07) is 53.0. The SMILES string of the molecule is C=C(C)Br.CC(C)OC(=O)C1(C(=O)OC(C)C)CC1C.CC(C)OC(=O)CC(=O)OC(C)C.CC=CSc1ccccc1.CC=C[S+](c1ccccc1)c1ccccc1.CCO.O=CO[O-].[Cl][Cu].[H-].[K+].[K+].c1ccc([I+]c2ccccc2)cc1. The molecule has 1 saturated carbocycles. The first-order valence-corrected chi connectivity index (χ1v) is 32.1. The first kappa shape index (κ1) is 90.3. The van der Waals surface area contributed by atoms with E-state index in [4.69, 9.17) is 34.1 Å². The van der Waals surface area contributed by atoms with Crippen LogP contribution in [0.15, 0.2) is 200 Å². The Balaban J connectivity index is -0.000000214. The molecule has 0 saturated heterocycles. The quantitative estimate of drug-likeness (QED) is 0.0121. The van der Waals surface area contributed by atoms with Crippen molar-refractivity contribution in [3.63, 3.8) is 0 Å². The Kier molecular flexibility index (Phi) is 64.8. The number of hydrogen-bond acceptors (Lipinski definition) is 13. The van der Waals surface area contributed by atoms with Gasteiger partial charge in [-0.25, -0.2) is 0 Å². The molecule has 1 atom stereocenters. The van der Waals surface area contributed by atoms with Gasteiger partial charge in [0.25, 0.3) is 6.47 Å². The van der Waals surface area contributed by atoms with Gasteiger partial charge in [-0.2, -0.15) is 0 Å². The number of rotatable bonds is 16. The number of esters is 4. The molecule has 0 aromatic heterocycles. The molecule has 6 rings (SSSR count). The predicted octanol–water partition coefficient (Wildman–Crippen LogP) is 5.74. The van der Waals surface area contributed by atoms with Crippen molar-refractivity contribution in [1.82, 2.24) is 0 Å². The first-order valence-electron chi connectivity index (χ1n) is 25.7. The van der Waals surface area contributed by atoms with Crippen LogP contribution >= 0.6 is 37.8 Å². The molecule has 83 heavy (non-hydrogen) atoms. The van der Waals surface area contributed by atoms with Crippen LogP contribution in [-0.4, -0.2) is 66.5 Å². The van der Waals surface area contributed by atoms with Crippen molar-refractivity contribution in [3.05, 3.63) is 193 Å². The van der Waals surface area contributed by atoms with E-state index in [1.807, 2.05) is 45.0 Å². The summed E-state index contributed by atoms with van der Waals surface area (Å²) in [5, 5.41) is 20.3. The number of aliphatic hydroxyl groups excluding tert-OH is 1. The first-order chi connectivity index (χ1) is 38.6. The third kappa shape index (κ3) is 50.2. The molecular formula is C63H84BrClCuIK2O12S2+2. The van der Waals surface area contributed by atoms with Crippen LogP contribution in [0.3, 0.4) is 0 Å². The van der Waals surface area contributed by atoms with Gasteiger partial charge in [-0.1, -0.05) is 138 Å². The molecule has 452 valence electrons. The maximum absolute atomic E-state index is 11.8. The average Bonchev–Trinajstić information content (AvgIpc) is 3.59. The van der Waals surface area contributed by atoms with E-state index in [2.05, 4.69) is 210 Å². The number of allylic oxidation sites excluding steroid dienone is 3. The van der Waals surface area contributed by atoms with E-state index in [-0.39, 0.29) is 186 Å². The Morgan fingerprint density at radius 1 is 0.699 bits per heavy atom. The molecule has 0 amide bonds. The van der Waals surface area contributed by atoms with Crippen LogP contribution in [0.5, 0.6) is 0 Å². The molecule has 5 aromatic rings. The molecule has 1 aliphatic carbocycles. The number of carbonyl (C=O) groups is 5. The largest absolute Gasteiger partial charge is 1.00 e. The molecule has 1 unspecified atom stereocenters. The molecule has 12 nitrogen and oxygen atoms in total. The average molecular weight is 1480 g/mol. The molecule has 5 aromatic carbocycles. The van der Waals surface area contributed by atoms with Crippen LogP contribution < -0.4 is 129 Å². The Morgan fingerprint density at radius 2 is 0.988 bits per heavy atom. The molecule has 1 aliphatic rings. The molecule has 1 fully saturated rings. The van der Waals surface area contributed by atoms with Crippen LogP contribution in [-0.2, 0) is 73.8 Å². The van der Waals surface area contributed by atoms with E-state index in [1.54, 1.807) is 74.1 Å². The fraction of sp³-hybridized carbons (Fsp3) is 0.349. The Labute approximate surface area is 621 Å². The minimum Gasteiger partial charge on any atom is -1.00 e. The zero-order chi connectivity index (χ0) is 62.0. The maximum Gasteiger partial charge on any atom is 1.00 e. The van der Waals surface area contributed by atoms with Gasteiger partial charge in [0.1, 0.15) is 11.8 Å². The number of thioether (sulfide) groups is 1. The fourth-order valence-corrected chi connectivity index (χ4v) is 10.4. The maximum atomic E-state index is 11.8. The van der Waals surface area contributed by atoms with Gasteiger partial charge in [0.2, 0.25) is 0 Å². The van der Waals surface area contributed by atoms with Gasteiger partial charge in [0, 0.05) is 11.5 Å². The monoisotopic (exact) mass is 1480 g/mol. The van der Waals surface area contributed by atoms with Crippen molar-refractivity contribution in [3.8, 4) is 0 Å². The Morgan fingerprint density at radius 3 is 1.24 bits per heavy atom. The van der Waals surface area contributed by atoms with E-state index in [0.717, 1.165) is 4.48 Å². The smallest absolute Gasteiger partial charge is 1.00 e. The van der Waals surface area contributed by atoms with Crippen molar-refractivity contribution in [2.45, 2.75) is 142 Å². The van der Waals surface area contributed by atoms with E-state index in [0.29, 0.717) is 6.42 Å². The van der Waals surface area contributed by atoms with Gasteiger partial charge >= 0.3 is 173 Å². The number of halogens is 3. The third-order valence-electron chi connectivity index (χ3n) is 8.82. The van der Waals surface area contributed by atoms with Crippen molar-refractivity contribution in [1.29, 1.82) is 0 Å². The van der Waals surface area contributed by atoms with Gasteiger partial charge in [-0.15, -0.1) is 0 Å². The summed E-state index contributed by atoms with van der Waals surface area (Å²) >= 11 is 8.50. The van der Waals surface area contributed by atoms with Crippen LogP contribution in [0.25, 0.3) is 0 Å². The molecule has 0 bridgehead atoms. The Bertz CT molecular complexity index is 2340. The van der Waals surface area contributed by atoms with E-state index in [1.165, 1.54) is 21.8 Å². The second-order valence-electron chi connectivity index (χ2n) is 17.4. The van der Waals surface area contributed by atoms with Gasteiger partial charge < -0.3 is 35.6 Å². The normalized spacial score (nSPS) is 11.7. The summed E-state index contributed by atoms with van der Waals surface area (Å²) in [4.78, 5) is 60.8. The minimum absolute atomic E-state index is 0. The summed E-state index contributed by atoms with van der Waals surface area (Å²) in [6.07, 6.45) is 3.59. The van der Waals surface area contributed by atoms with Crippen molar-refractivity contribution in [2.75, 3.05) is 6.61 Å². The van der Waals surface area contributed by atoms with Gasteiger partial charge in [-0.3, -0.25) is 24.0 Å². The number of carbonyl (C=O) groups excluding carboxylic acids is 5. The van der Waals surface area contributed by atoms with Crippen LogP contribution in [0, 0.1) is 18.5 Å².